The lowest BCUT2D eigenvalue weighted by Gasteiger charge is -2.02. The summed E-state index contributed by atoms with van der Waals surface area (Å²) >= 11 is 5.99. The van der Waals surface area contributed by atoms with Crippen molar-refractivity contribution in [2.75, 3.05) is 5.32 Å². The lowest BCUT2D eigenvalue weighted by atomic mass is 10.2. The van der Waals surface area contributed by atoms with Gasteiger partial charge < -0.3 is 5.32 Å². The van der Waals surface area contributed by atoms with Gasteiger partial charge in [0, 0.05) is 22.3 Å². The molecule has 2 aromatic rings. The van der Waals surface area contributed by atoms with Crippen LogP contribution in [0.5, 0.6) is 0 Å². The number of benzene rings is 2. The quantitative estimate of drug-likeness (QED) is 0.686. The molecule has 0 aliphatic heterocycles. The highest BCUT2D eigenvalue weighted by molar-refractivity contribution is 6.32. The minimum absolute atomic E-state index is 0.260. The summed E-state index contributed by atoms with van der Waals surface area (Å²) in [5.41, 5.74) is 1.97. The molecule has 2 aromatic carbocycles. The molecular weight excluding hydrogens is 274 g/mol. The third-order valence-electron chi connectivity index (χ3n) is 2.63. The molecular formula is C16H12ClNO2. The molecule has 0 aliphatic carbocycles. The van der Waals surface area contributed by atoms with Gasteiger partial charge in [-0.1, -0.05) is 29.8 Å². The highest BCUT2D eigenvalue weighted by Crippen LogP contribution is 2.16. The van der Waals surface area contributed by atoms with E-state index in [-0.39, 0.29) is 5.91 Å². The van der Waals surface area contributed by atoms with Crippen molar-refractivity contribution in [2.24, 2.45) is 0 Å². The molecule has 2 rings (SSSR count). The first kappa shape index (κ1) is 14.0. The van der Waals surface area contributed by atoms with Crippen molar-refractivity contribution in [1.29, 1.82) is 0 Å². The highest BCUT2D eigenvalue weighted by Gasteiger charge is 1.99. The molecule has 0 heterocycles. The Morgan fingerprint density at radius 1 is 1.05 bits per heavy atom. The van der Waals surface area contributed by atoms with E-state index in [9.17, 15) is 9.59 Å². The Bertz CT molecular complexity index is 648. The molecule has 3 nitrogen and oxygen atoms in total. The Hall–Kier alpha value is -2.39. The molecule has 0 radical (unpaired) electrons. The molecule has 0 atom stereocenters. The van der Waals surface area contributed by atoms with Crippen LogP contribution in [0.1, 0.15) is 15.9 Å². The Kier molecular flexibility index (Phi) is 4.69. The van der Waals surface area contributed by atoms with E-state index < -0.39 is 0 Å². The monoisotopic (exact) mass is 285 g/mol. The summed E-state index contributed by atoms with van der Waals surface area (Å²) in [5, 5.41) is 3.29. The second-order valence-electron chi connectivity index (χ2n) is 4.08. The molecule has 0 unspecified atom stereocenters. The molecule has 0 aromatic heterocycles. The molecule has 100 valence electrons. The highest BCUT2D eigenvalue weighted by atomic mass is 35.5. The van der Waals surface area contributed by atoms with E-state index >= 15 is 0 Å². The smallest absolute Gasteiger partial charge is 0.248 e. The Labute approximate surface area is 121 Å². The molecule has 0 fully saturated rings. The number of nitrogens with one attached hydrogen (secondary N) is 1. The summed E-state index contributed by atoms with van der Waals surface area (Å²) in [6.45, 7) is 0. The van der Waals surface area contributed by atoms with E-state index in [1.807, 2.05) is 18.2 Å². The number of hydrogen-bond donors (Lipinski definition) is 1. The fourth-order valence-corrected chi connectivity index (χ4v) is 1.80. The molecule has 4 heteroatoms. The van der Waals surface area contributed by atoms with Crippen LogP contribution in [0, 0.1) is 0 Å². The van der Waals surface area contributed by atoms with E-state index in [4.69, 9.17) is 11.6 Å². The molecule has 0 bridgehead atoms. The van der Waals surface area contributed by atoms with Crippen molar-refractivity contribution in [2.45, 2.75) is 0 Å². The van der Waals surface area contributed by atoms with Gasteiger partial charge in [-0.3, -0.25) is 9.59 Å². The normalized spacial score (nSPS) is 10.4. The SMILES string of the molecule is O=Cc1ccc(NC(=O)/C=C/c2ccccc2Cl)cc1. The van der Waals surface area contributed by atoms with Crippen molar-refractivity contribution in [3.05, 3.63) is 70.8 Å². The lowest BCUT2D eigenvalue weighted by molar-refractivity contribution is -0.111. The third kappa shape index (κ3) is 3.80. The fraction of sp³-hybridized carbons (Fsp3) is 0. The van der Waals surface area contributed by atoms with Gasteiger partial charge in [-0.2, -0.15) is 0 Å². The maximum Gasteiger partial charge on any atom is 0.248 e. The second-order valence-corrected chi connectivity index (χ2v) is 4.49. The first-order chi connectivity index (χ1) is 9.69. The van der Waals surface area contributed by atoms with Crippen molar-refractivity contribution >= 4 is 35.6 Å². The molecule has 1 N–H and O–H groups in total. The molecule has 0 saturated heterocycles. The largest absolute Gasteiger partial charge is 0.323 e. The predicted molar refractivity (Wildman–Crippen MR) is 80.9 cm³/mol. The van der Waals surface area contributed by atoms with Crippen LogP contribution in [-0.2, 0) is 4.79 Å². The topological polar surface area (TPSA) is 46.2 Å². The van der Waals surface area contributed by atoms with Gasteiger partial charge >= 0.3 is 0 Å². The van der Waals surface area contributed by atoms with E-state index in [0.29, 0.717) is 16.3 Å². The van der Waals surface area contributed by atoms with Crippen molar-refractivity contribution in [3.63, 3.8) is 0 Å². The van der Waals surface area contributed by atoms with Crippen LogP contribution in [0.4, 0.5) is 5.69 Å². The minimum atomic E-state index is -0.260. The summed E-state index contributed by atoms with van der Waals surface area (Å²) in [5.74, 6) is -0.260. The van der Waals surface area contributed by atoms with Gasteiger partial charge in [0.2, 0.25) is 5.91 Å². The Morgan fingerprint density at radius 2 is 1.75 bits per heavy atom. The Balaban J connectivity index is 2.01. The van der Waals surface area contributed by atoms with Crippen LogP contribution in [0.2, 0.25) is 5.02 Å². The Morgan fingerprint density at radius 3 is 2.40 bits per heavy atom. The maximum absolute atomic E-state index is 11.7. The van der Waals surface area contributed by atoms with Crippen LogP contribution >= 0.6 is 11.6 Å². The van der Waals surface area contributed by atoms with Gasteiger partial charge in [-0.05, 0) is 42.0 Å². The zero-order valence-electron chi connectivity index (χ0n) is 10.5. The summed E-state index contributed by atoms with van der Waals surface area (Å²) in [6, 6.07) is 13.9. The fourth-order valence-electron chi connectivity index (χ4n) is 1.60. The number of hydrogen-bond acceptors (Lipinski definition) is 2. The van der Waals surface area contributed by atoms with Crippen molar-refractivity contribution in [1.82, 2.24) is 0 Å². The zero-order valence-corrected chi connectivity index (χ0v) is 11.3. The van der Waals surface area contributed by atoms with E-state index in [1.54, 1.807) is 36.4 Å². The number of anilines is 1. The molecule has 1 amide bonds. The van der Waals surface area contributed by atoms with Gasteiger partial charge in [0.15, 0.2) is 0 Å². The summed E-state index contributed by atoms with van der Waals surface area (Å²) < 4.78 is 0. The molecule has 0 saturated carbocycles. The predicted octanol–water partition coefficient (Wildman–Crippen LogP) is 3.80. The first-order valence-corrected chi connectivity index (χ1v) is 6.35. The standard InChI is InChI=1S/C16H12ClNO2/c17-15-4-2-1-3-13(15)7-10-16(20)18-14-8-5-12(11-19)6-9-14/h1-11H,(H,18,20)/b10-7+. The zero-order chi connectivity index (χ0) is 14.4. The van der Waals surface area contributed by atoms with Gasteiger partial charge in [-0.25, -0.2) is 0 Å². The van der Waals surface area contributed by atoms with E-state index in [2.05, 4.69) is 5.32 Å². The third-order valence-corrected chi connectivity index (χ3v) is 2.98. The van der Waals surface area contributed by atoms with Crippen molar-refractivity contribution < 1.29 is 9.59 Å². The number of aldehydes is 1. The van der Waals surface area contributed by atoms with Crippen molar-refractivity contribution in [3.8, 4) is 0 Å². The van der Waals surface area contributed by atoms with Crippen LogP contribution in [0.15, 0.2) is 54.6 Å². The van der Waals surface area contributed by atoms with Crippen LogP contribution in [-0.4, -0.2) is 12.2 Å². The first-order valence-electron chi connectivity index (χ1n) is 5.98. The average Bonchev–Trinajstić information content (AvgIpc) is 2.47. The number of amides is 1. The molecule has 0 spiro atoms. The second kappa shape index (κ2) is 6.68. The average molecular weight is 286 g/mol. The van der Waals surface area contributed by atoms with Crippen LogP contribution in [0.3, 0.4) is 0 Å². The number of carbonyl (C=O) groups excluding carboxylic acids is 2. The van der Waals surface area contributed by atoms with Crippen LogP contribution in [0.25, 0.3) is 6.08 Å². The van der Waals surface area contributed by atoms with E-state index in [0.717, 1.165) is 11.8 Å². The minimum Gasteiger partial charge on any atom is -0.323 e. The van der Waals surface area contributed by atoms with Gasteiger partial charge in [0.1, 0.15) is 6.29 Å². The van der Waals surface area contributed by atoms with Gasteiger partial charge in [0.05, 0.1) is 0 Å². The number of carbonyl (C=O) groups is 2. The number of halogens is 1. The maximum atomic E-state index is 11.7. The lowest BCUT2D eigenvalue weighted by Crippen LogP contribution is -2.07. The molecule has 0 aliphatic rings. The number of rotatable bonds is 4. The summed E-state index contributed by atoms with van der Waals surface area (Å²) in [6.07, 6.45) is 3.81. The van der Waals surface area contributed by atoms with E-state index in [1.165, 1.54) is 6.08 Å². The molecule has 20 heavy (non-hydrogen) atoms. The summed E-state index contributed by atoms with van der Waals surface area (Å²) in [7, 11) is 0. The summed E-state index contributed by atoms with van der Waals surface area (Å²) in [4.78, 5) is 22.3. The van der Waals surface area contributed by atoms with Gasteiger partial charge in [0.25, 0.3) is 0 Å². The van der Waals surface area contributed by atoms with Crippen LogP contribution < -0.4 is 5.32 Å². The van der Waals surface area contributed by atoms with Gasteiger partial charge in [-0.15, -0.1) is 0 Å².